The number of nitrogens with zero attached hydrogens (tertiary/aromatic N) is 1. The van der Waals surface area contributed by atoms with E-state index < -0.39 is 0 Å². The van der Waals surface area contributed by atoms with Crippen LogP contribution in [0.2, 0.25) is 0 Å². The van der Waals surface area contributed by atoms with Crippen molar-refractivity contribution in [3.8, 4) is 5.75 Å². The second kappa shape index (κ2) is 6.93. The van der Waals surface area contributed by atoms with E-state index >= 15 is 0 Å². The largest absolute Gasteiger partial charge is 0.508 e. The highest BCUT2D eigenvalue weighted by atomic mass is 19.1. The fraction of sp³-hybridized carbons (Fsp3) is 0.263. The third-order valence-electron chi connectivity index (χ3n) is 4.42. The van der Waals surface area contributed by atoms with Crippen molar-refractivity contribution >= 4 is 11.8 Å². The number of rotatable bonds is 4. The van der Waals surface area contributed by atoms with Gasteiger partial charge in [0.05, 0.1) is 18.5 Å². The summed E-state index contributed by atoms with van der Waals surface area (Å²) in [7, 11) is 1.68. The van der Waals surface area contributed by atoms with E-state index in [4.69, 9.17) is 0 Å². The summed E-state index contributed by atoms with van der Waals surface area (Å²) in [6.45, 7) is 0. The lowest BCUT2D eigenvalue weighted by molar-refractivity contribution is -0.127. The zero-order chi connectivity index (χ0) is 18.0. The standard InChI is InChI=1S/C19H19FN2O3/c1-22-18(25)11-16(19(22)13-5-7-14(20)8-6-13)21-17(24)10-12-3-2-4-15(23)9-12/h2-9,16,19,23H,10-11H2,1H3,(H,21,24)/t16-,19+/m0/s1. The SMILES string of the molecule is CN1C(=O)C[C@H](NC(=O)Cc2cccc(O)c2)[C@H]1c1ccc(F)cc1. The first-order valence-corrected chi connectivity index (χ1v) is 8.02. The van der Waals surface area contributed by atoms with Gasteiger partial charge in [0, 0.05) is 13.5 Å². The van der Waals surface area contributed by atoms with E-state index in [0.717, 1.165) is 5.56 Å². The number of carbonyl (C=O) groups is 2. The normalized spacial score (nSPS) is 19.9. The number of likely N-dealkylation sites (tertiary alicyclic amines) is 1. The van der Waals surface area contributed by atoms with Crippen molar-refractivity contribution in [2.45, 2.75) is 24.9 Å². The number of carbonyl (C=O) groups excluding carboxylic acids is 2. The van der Waals surface area contributed by atoms with Crippen molar-refractivity contribution in [1.82, 2.24) is 10.2 Å². The molecule has 0 aromatic heterocycles. The second-order valence-corrected chi connectivity index (χ2v) is 6.23. The number of phenolic OH excluding ortho intramolecular Hbond substituents is 1. The van der Waals surface area contributed by atoms with Gasteiger partial charge in [-0.05, 0) is 35.4 Å². The summed E-state index contributed by atoms with van der Waals surface area (Å²) >= 11 is 0. The van der Waals surface area contributed by atoms with Crippen molar-refractivity contribution in [2.75, 3.05) is 7.05 Å². The maximum atomic E-state index is 13.2. The van der Waals surface area contributed by atoms with Crippen LogP contribution < -0.4 is 5.32 Å². The minimum Gasteiger partial charge on any atom is -0.508 e. The molecule has 3 rings (SSSR count). The molecule has 1 aliphatic rings. The van der Waals surface area contributed by atoms with Crippen LogP contribution in [0.5, 0.6) is 5.75 Å². The summed E-state index contributed by atoms with van der Waals surface area (Å²) in [6.07, 6.45) is 0.309. The van der Waals surface area contributed by atoms with E-state index in [1.54, 1.807) is 36.2 Å². The number of hydrogen-bond donors (Lipinski definition) is 2. The fourth-order valence-electron chi connectivity index (χ4n) is 3.22. The van der Waals surface area contributed by atoms with E-state index in [9.17, 15) is 19.1 Å². The van der Waals surface area contributed by atoms with Crippen LogP contribution in [-0.4, -0.2) is 34.9 Å². The van der Waals surface area contributed by atoms with Crippen molar-refractivity contribution in [1.29, 1.82) is 0 Å². The van der Waals surface area contributed by atoms with Gasteiger partial charge in [0.25, 0.3) is 0 Å². The maximum absolute atomic E-state index is 13.2. The zero-order valence-corrected chi connectivity index (χ0v) is 13.8. The van der Waals surface area contributed by atoms with Gasteiger partial charge >= 0.3 is 0 Å². The molecule has 2 N–H and O–H groups in total. The third kappa shape index (κ3) is 3.79. The molecule has 2 aromatic rings. The Bertz CT molecular complexity index is 792. The molecule has 5 nitrogen and oxygen atoms in total. The molecule has 0 saturated carbocycles. The monoisotopic (exact) mass is 342 g/mol. The highest BCUT2D eigenvalue weighted by molar-refractivity contribution is 5.84. The summed E-state index contributed by atoms with van der Waals surface area (Å²) in [5.41, 5.74) is 1.46. The molecular formula is C19H19FN2O3. The zero-order valence-electron chi connectivity index (χ0n) is 13.8. The summed E-state index contributed by atoms with van der Waals surface area (Å²) in [6, 6.07) is 11.7. The minimum absolute atomic E-state index is 0.0722. The summed E-state index contributed by atoms with van der Waals surface area (Å²) in [4.78, 5) is 26.0. The molecule has 2 atom stereocenters. The van der Waals surface area contributed by atoms with Gasteiger partial charge in [0.2, 0.25) is 11.8 Å². The molecule has 0 spiro atoms. The van der Waals surface area contributed by atoms with E-state index in [1.165, 1.54) is 24.3 Å². The number of likely N-dealkylation sites (N-methyl/N-ethyl adjacent to an activating group) is 1. The van der Waals surface area contributed by atoms with Crippen LogP contribution in [0.4, 0.5) is 4.39 Å². The molecule has 2 aromatic carbocycles. The number of benzene rings is 2. The van der Waals surface area contributed by atoms with Crippen LogP contribution in [0.15, 0.2) is 48.5 Å². The quantitative estimate of drug-likeness (QED) is 0.895. The number of hydrogen-bond acceptors (Lipinski definition) is 3. The van der Waals surface area contributed by atoms with Gasteiger partial charge < -0.3 is 15.3 Å². The Morgan fingerprint density at radius 2 is 2.00 bits per heavy atom. The second-order valence-electron chi connectivity index (χ2n) is 6.23. The number of aromatic hydroxyl groups is 1. The summed E-state index contributed by atoms with van der Waals surface area (Å²) in [5, 5.41) is 12.4. The van der Waals surface area contributed by atoms with Crippen molar-refractivity contribution in [3.05, 3.63) is 65.5 Å². The van der Waals surface area contributed by atoms with Crippen molar-refractivity contribution in [3.63, 3.8) is 0 Å². The smallest absolute Gasteiger partial charge is 0.225 e. The number of halogens is 1. The van der Waals surface area contributed by atoms with Gasteiger partial charge in [-0.1, -0.05) is 24.3 Å². The molecule has 0 aliphatic carbocycles. The molecule has 130 valence electrons. The lowest BCUT2D eigenvalue weighted by atomic mass is 9.99. The molecular weight excluding hydrogens is 323 g/mol. The third-order valence-corrected chi connectivity index (χ3v) is 4.42. The Labute approximate surface area is 145 Å². The topological polar surface area (TPSA) is 69.6 Å². The highest BCUT2D eigenvalue weighted by Gasteiger charge is 2.39. The molecule has 0 bridgehead atoms. The molecule has 1 aliphatic heterocycles. The number of nitrogens with one attached hydrogen (secondary N) is 1. The van der Waals surface area contributed by atoms with Gasteiger partial charge in [0.15, 0.2) is 0 Å². The molecule has 2 amide bonds. The molecule has 0 radical (unpaired) electrons. The first kappa shape index (κ1) is 17.0. The Hall–Kier alpha value is -2.89. The molecule has 1 heterocycles. The first-order valence-electron chi connectivity index (χ1n) is 8.02. The average Bonchev–Trinajstić information content (AvgIpc) is 2.82. The fourth-order valence-corrected chi connectivity index (χ4v) is 3.22. The van der Waals surface area contributed by atoms with Crippen LogP contribution >= 0.6 is 0 Å². The Morgan fingerprint density at radius 3 is 2.68 bits per heavy atom. The minimum atomic E-state index is -0.382. The predicted molar refractivity (Wildman–Crippen MR) is 90.3 cm³/mol. The van der Waals surface area contributed by atoms with Crippen molar-refractivity contribution < 1.29 is 19.1 Å². The van der Waals surface area contributed by atoms with Crippen LogP contribution in [0.3, 0.4) is 0 Å². The van der Waals surface area contributed by atoms with Crippen LogP contribution in [-0.2, 0) is 16.0 Å². The van der Waals surface area contributed by atoms with E-state index in [-0.39, 0.29) is 48.3 Å². The Balaban J connectivity index is 1.74. The Morgan fingerprint density at radius 1 is 1.28 bits per heavy atom. The van der Waals surface area contributed by atoms with Gasteiger partial charge in [-0.25, -0.2) is 4.39 Å². The maximum Gasteiger partial charge on any atom is 0.225 e. The van der Waals surface area contributed by atoms with Gasteiger partial charge in [-0.2, -0.15) is 0 Å². The first-order chi connectivity index (χ1) is 11.9. The number of phenols is 1. The van der Waals surface area contributed by atoms with Crippen LogP contribution in [0.1, 0.15) is 23.6 Å². The molecule has 25 heavy (non-hydrogen) atoms. The molecule has 0 unspecified atom stereocenters. The molecule has 6 heteroatoms. The molecule has 1 fully saturated rings. The van der Waals surface area contributed by atoms with E-state index in [2.05, 4.69) is 5.32 Å². The van der Waals surface area contributed by atoms with Crippen molar-refractivity contribution in [2.24, 2.45) is 0 Å². The Kier molecular flexibility index (Phi) is 4.70. The summed E-state index contributed by atoms with van der Waals surface area (Å²) < 4.78 is 13.2. The van der Waals surface area contributed by atoms with E-state index in [0.29, 0.717) is 5.56 Å². The molecule has 1 saturated heterocycles. The predicted octanol–water partition coefficient (Wildman–Crippen LogP) is 2.16. The lowest BCUT2D eigenvalue weighted by Gasteiger charge is -2.26. The van der Waals surface area contributed by atoms with Gasteiger partial charge in [-0.3, -0.25) is 9.59 Å². The van der Waals surface area contributed by atoms with Crippen LogP contribution in [0.25, 0.3) is 0 Å². The highest BCUT2D eigenvalue weighted by Crippen LogP contribution is 2.32. The van der Waals surface area contributed by atoms with Crippen LogP contribution in [0, 0.1) is 5.82 Å². The van der Waals surface area contributed by atoms with Gasteiger partial charge in [0.1, 0.15) is 11.6 Å². The summed E-state index contributed by atoms with van der Waals surface area (Å²) in [5.74, 6) is -0.548. The van der Waals surface area contributed by atoms with Gasteiger partial charge in [-0.15, -0.1) is 0 Å². The average molecular weight is 342 g/mol. The number of amides is 2. The van der Waals surface area contributed by atoms with E-state index in [1.807, 2.05) is 0 Å². The lowest BCUT2D eigenvalue weighted by Crippen LogP contribution is -2.39.